The van der Waals surface area contributed by atoms with Crippen molar-refractivity contribution < 1.29 is 4.79 Å². The van der Waals surface area contributed by atoms with E-state index in [1.807, 2.05) is 78.4 Å². The maximum absolute atomic E-state index is 12.3. The third-order valence-corrected chi connectivity index (χ3v) is 4.31. The van der Waals surface area contributed by atoms with Gasteiger partial charge in [-0.05, 0) is 36.2 Å². The van der Waals surface area contributed by atoms with Crippen LogP contribution in [-0.2, 0) is 11.2 Å². The average Bonchev–Trinajstić information content (AvgIpc) is 3.09. The molecule has 26 heavy (non-hydrogen) atoms. The molecular formula is C20H21ClN4O. The Morgan fingerprint density at radius 2 is 1.92 bits per heavy atom. The summed E-state index contributed by atoms with van der Waals surface area (Å²) < 4.78 is 1.81. The molecule has 0 aliphatic heterocycles. The van der Waals surface area contributed by atoms with Crippen molar-refractivity contribution in [2.24, 2.45) is 0 Å². The smallest absolute Gasteiger partial charge is 0.224 e. The second-order valence-electron chi connectivity index (χ2n) is 6.21. The topological polar surface area (TPSA) is 50.2 Å². The zero-order valence-corrected chi connectivity index (χ0v) is 15.6. The first kappa shape index (κ1) is 18.0. The minimum atomic E-state index is -0.0529. The van der Waals surface area contributed by atoms with Gasteiger partial charge < -0.3 is 10.2 Å². The maximum atomic E-state index is 12.3. The number of hydrogen-bond acceptors (Lipinski definition) is 3. The summed E-state index contributed by atoms with van der Waals surface area (Å²) in [4.78, 5) is 14.2. The number of para-hydroxylation sites is 2. The van der Waals surface area contributed by atoms with Crippen molar-refractivity contribution in [1.29, 1.82) is 0 Å². The van der Waals surface area contributed by atoms with Crippen molar-refractivity contribution in [2.75, 3.05) is 24.3 Å². The Hall–Kier alpha value is -2.79. The van der Waals surface area contributed by atoms with Gasteiger partial charge >= 0.3 is 0 Å². The number of aromatic nitrogens is 2. The van der Waals surface area contributed by atoms with Crippen molar-refractivity contribution in [3.8, 4) is 5.69 Å². The summed E-state index contributed by atoms with van der Waals surface area (Å²) in [6.07, 6.45) is 4.74. The van der Waals surface area contributed by atoms with Crippen LogP contribution in [-0.4, -0.2) is 29.8 Å². The predicted octanol–water partition coefficient (Wildman–Crippen LogP) is 4.16. The quantitative estimate of drug-likeness (QED) is 0.710. The van der Waals surface area contributed by atoms with Crippen LogP contribution in [0.4, 0.5) is 11.4 Å². The van der Waals surface area contributed by atoms with E-state index >= 15 is 0 Å². The van der Waals surface area contributed by atoms with Gasteiger partial charge in [0, 0.05) is 26.7 Å². The summed E-state index contributed by atoms with van der Waals surface area (Å²) in [6, 6.07) is 15.4. The first-order valence-electron chi connectivity index (χ1n) is 8.39. The van der Waals surface area contributed by atoms with Crippen molar-refractivity contribution in [2.45, 2.75) is 12.8 Å². The number of carbonyl (C=O) groups excluding carboxylic acids is 1. The van der Waals surface area contributed by atoms with Gasteiger partial charge in [0.1, 0.15) is 0 Å². The fourth-order valence-electron chi connectivity index (χ4n) is 2.75. The Morgan fingerprint density at radius 3 is 2.65 bits per heavy atom. The largest absolute Gasteiger partial charge is 0.375 e. The first-order chi connectivity index (χ1) is 12.5. The summed E-state index contributed by atoms with van der Waals surface area (Å²) in [6.45, 7) is 0. The lowest BCUT2D eigenvalue weighted by Crippen LogP contribution is -2.17. The van der Waals surface area contributed by atoms with Crippen molar-refractivity contribution in [1.82, 2.24) is 9.78 Å². The van der Waals surface area contributed by atoms with Crippen LogP contribution >= 0.6 is 11.6 Å². The molecule has 0 radical (unpaired) electrons. The number of halogens is 1. The molecule has 1 aromatic heterocycles. The summed E-state index contributed by atoms with van der Waals surface area (Å²) in [5.74, 6) is -0.0529. The molecule has 0 aliphatic rings. The molecule has 0 atom stereocenters. The minimum Gasteiger partial charge on any atom is -0.375 e. The second-order valence-corrected chi connectivity index (χ2v) is 6.61. The summed E-state index contributed by atoms with van der Waals surface area (Å²) in [7, 11) is 3.80. The summed E-state index contributed by atoms with van der Waals surface area (Å²) in [5, 5.41) is 7.92. The molecule has 0 aliphatic carbocycles. The third-order valence-electron chi connectivity index (χ3n) is 4.01. The highest BCUT2D eigenvalue weighted by Crippen LogP contribution is 2.32. The van der Waals surface area contributed by atoms with Crippen LogP contribution < -0.4 is 10.2 Å². The monoisotopic (exact) mass is 368 g/mol. The summed E-state index contributed by atoms with van der Waals surface area (Å²) >= 11 is 6.24. The Morgan fingerprint density at radius 1 is 1.15 bits per heavy atom. The van der Waals surface area contributed by atoms with E-state index in [9.17, 15) is 4.79 Å². The van der Waals surface area contributed by atoms with Gasteiger partial charge in [0.2, 0.25) is 5.91 Å². The van der Waals surface area contributed by atoms with E-state index in [0.29, 0.717) is 23.6 Å². The van der Waals surface area contributed by atoms with Gasteiger partial charge in [-0.25, -0.2) is 4.68 Å². The Balaban J connectivity index is 1.62. The van der Waals surface area contributed by atoms with Gasteiger partial charge in [-0.1, -0.05) is 35.9 Å². The minimum absolute atomic E-state index is 0.0529. The highest BCUT2D eigenvalue weighted by atomic mass is 35.5. The van der Waals surface area contributed by atoms with Gasteiger partial charge in [0.05, 0.1) is 28.3 Å². The van der Waals surface area contributed by atoms with Crippen molar-refractivity contribution in [3.63, 3.8) is 0 Å². The number of rotatable bonds is 6. The Kier molecular flexibility index (Phi) is 5.58. The molecule has 0 saturated carbocycles. The average molecular weight is 369 g/mol. The van der Waals surface area contributed by atoms with Gasteiger partial charge in [-0.2, -0.15) is 5.10 Å². The number of benzene rings is 2. The van der Waals surface area contributed by atoms with Crippen molar-refractivity contribution >= 4 is 28.9 Å². The lowest BCUT2D eigenvalue weighted by Gasteiger charge is -2.19. The van der Waals surface area contributed by atoms with Crippen LogP contribution in [0.15, 0.2) is 60.9 Å². The van der Waals surface area contributed by atoms with Crippen molar-refractivity contribution in [3.05, 3.63) is 71.5 Å². The summed E-state index contributed by atoms with van der Waals surface area (Å²) in [5.41, 5.74) is 3.53. The lowest BCUT2D eigenvalue weighted by atomic mass is 10.2. The number of anilines is 2. The molecule has 1 N–H and O–H groups in total. The standard InChI is InChI=1S/C20H21ClN4O/c1-24(2)20-17(21)9-6-10-18(20)23-19(26)12-11-15-13-22-25(14-15)16-7-4-3-5-8-16/h3-10,13-14H,11-12H2,1-2H3,(H,23,26). The molecule has 0 bridgehead atoms. The second kappa shape index (κ2) is 8.06. The van der Waals surface area contributed by atoms with Gasteiger partial charge in [-0.15, -0.1) is 0 Å². The van der Waals surface area contributed by atoms with Gasteiger partial charge in [0.25, 0.3) is 0 Å². The molecule has 5 nitrogen and oxygen atoms in total. The Labute approximate surface area is 158 Å². The lowest BCUT2D eigenvalue weighted by molar-refractivity contribution is -0.116. The molecule has 3 rings (SSSR count). The highest BCUT2D eigenvalue weighted by molar-refractivity contribution is 6.34. The van der Waals surface area contributed by atoms with E-state index in [4.69, 9.17) is 11.6 Å². The van der Waals surface area contributed by atoms with Crippen LogP contribution in [0.3, 0.4) is 0 Å². The number of carbonyl (C=O) groups is 1. The van der Waals surface area contributed by atoms with E-state index in [1.54, 1.807) is 6.20 Å². The van der Waals surface area contributed by atoms with Crippen LogP contribution in [0.5, 0.6) is 0 Å². The number of nitrogens with zero attached hydrogens (tertiary/aromatic N) is 3. The van der Waals surface area contributed by atoms with E-state index in [0.717, 1.165) is 16.9 Å². The van der Waals surface area contributed by atoms with Crippen LogP contribution in [0.2, 0.25) is 5.02 Å². The number of nitrogens with one attached hydrogen (secondary N) is 1. The number of hydrogen-bond donors (Lipinski definition) is 1. The predicted molar refractivity (Wildman–Crippen MR) is 106 cm³/mol. The molecule has 3 aromatic rings. The normalized spacial score (nSPS) is 10.6. The van der Waals surface area contributed by atoms with Gasteiger partial charge in [-0.3, -0.25) is 4.79 Å². The third kappa shape index (κ3) is 4.24. The molecule has 134 valence electrons. The molecule has 1 heterocycles. The van der Waals surface area contributed by atoms with E-state index in [2.05, 4.69) is 10.4 Å². The SMILES string of the molecule is CN(C)c1c(Cl)cccc1NC(=O)CCc1cnn(-c2ccccc2)c1. The van der Waals surface area contributed by atoms with Crippen LogP contribution in [0, 0.1) is 0 Å². The zero-order valence-electron chi connectivity index (χ0n) is 14.8. The Bertz CT molecular complexity index is 890. The van der Waals surface area contributed by atoms with Gasteiger partial charge in [0.15, 0.2) is 0 Å². The first-order valence-corrected chi connectivity index (χ1v) is 8.77. The molecule has 6 heteroatoms. The fourth-order valence-corrected chi connectivity index (χ4v) is 3.10. The van der Waals surface area contributed by atoms with E-state index < -0.39 is 0 Å². The van der Waals surface area contributed by atoms with Crippen LogP contribution in [0.1, 0.15) is 12.0 Å². The zero-order chi connectivity index (χ0) is 18.5. The molecule has 0 unspecified atom stereocenters. The number of amides is 1. The highest BCUT2D eigenvalue weighted by Gasteiger charge is 2.12. The fraction of sp³-hybridized carbons (Fsp3) is 0.200. The van der Waals surface area contributed by atoms with E-state index in [-0.39, 0.29) is 5.91 Å². The van der Waals surface area contributed by atoms with Crippen LogP contribution in [0.25, 0.3) is 5.69 Å². The molecule has 2 aromatic carbocycles. The maximum Gasteiger partial charge on any atom is 0.224 e. The molecule has 1 amide bonds. The number of aryl methyl sites for hydroxylation is 1. The molecular weight excluding hydrogens is 348 g/mol. The van der Waals surface area contributed by atoms with E-state index in [1.165, 1.54) is 0 Å². The molecule has 0 spiro atoms. The molecule has 0 saturated heterocycles. The molecule has 0 fully saturated rings.